The Bertz CT molecular complexity index is 321. The van der Waals surface area contributed by atoms with Crippen molar-refractivity contribution in [3.05, 3.63) is 35.4 Å². The van der Waals surface area contributed by atoms with Crippen molar-refractivity contribution in [3.63, 3.8) is 0 Å². The molecule has 1 heterocycles. The lowest BCUT2D eigenvalue weighted by atomic mass is 10.1. The van der Waals surface area contributed by atoms with E-state index in [2.05, 4.69) is 71.3 Å². The highest BCUT2D eigenvalue weighted by Crippen LogP contribution is 2.20. The SMILES string of the molecule is c1ccc2c(c1)CCSCCSCCSCCSC2. The van der Waals surface area contributed by atoms with E-state index < -0.39 is 0 Å². The van der Waals surface area contributed by atoms with Crippen molar-refractivity contribution >= 4 is 47.0 Å². The van der Waals surface area contributed by atoms with Crippen molar-refractivity contribution in [2.75, 3.05) is 40.3 Å². The highest BCUT2D eigenvalue weighted by Gasteiger charge is 2.03. The van der Waals surface area contributed by atoms with Gasteiger partial charge in [-0.25, -0.2) is 0 Å². The Balaban J connectivity index is 1.87. The number of hydrogen-bond acceptors (Lipinski definition) is 4. The van der Waals surface area contributed by atoms with Crippen LogP contribution in [-0.2, 0) is 12.2 Å². The summed E-state index contributed by atoms with van der Waals surface area (Å²) in [6.07, 6.45) is 1.24. The molecule has 0 atom stereocenters. The first-order valence-corrected chi connectivity index (χ1v) is 11.5. The van der Waals surface area contributed by atoms with E-state index in [9.17, 15) is 0 Å². The van der Waals surface area contributed by atoms with Crippen LogP contribution in [0.4, 0.5) is 0 Å². The number of aryl methyl sites for hydroxylation is 1. The standard InChI is InChI=1S/C15H22S4/c1-2-4-15-13-19-12-11-18-10-9-17-8-7-16-6-5-14(15)3-1/h1-4H,5-13H2. The predicted molar refractivity (Wildman–Crippen MR) is 98.3 cm³/mol. The number of thioether (sulfide) groups is 4. The lowest BCUT2D eigenvalue weighted by molar-refractivity contribution is 1.11. The first-order chi connectivity index (χ1) is 9.47. The van der Waals surface area contributed by atoms with Crippen LogP contribution >= 0.6 is 47.0 Å². The van der Waals surface area contributed by atoms with Gasteiger partial charge in [0.15, 0.2) is 0 Å². The third kappa shape index (κ3) is 6.74. The van der Waals surface area contributed by atoms with Crippen LogP contribution in [0.3, 0.4) is 0 Å². The maximum Gasteiger partial charge on any atom is 0.0187 e. The number of benzene rings is 1. The summed E-state index contributed by atoms with van der Waals surface area (Å²) < 4.78 is 0. The van der Waals surface area contributed by atoms with E-state index in [-0.39, 0.29) is 0 Å². The average molecular weight is 331 g/mol. The molecule has 1 aromatic carbocycles. The topological polar surface area (TPSA) is 0 Å². The molecule has 0 radical (unpaired) electrons. The Morgan fingerprint density at radius 3 is 1.79 bits per heavy atom. The molecule has 4 heteroatoms. The van der Waals surface area contributed by atoms with Gasteiger partial charge < -0.3 is 0 Å². The number of hydrogen-bond donors (Lipinski definition) is 0. The molecule has 0 saturated carbocycles. The Labute approximate surface area is 134 Å². The molecule has 1 aromatic rings. The second-order valence-corrected chi connectivity index (χ2v) is 9.19. The Morgan fingerprint density at radius 1 is 0.579 bits per heavy atom. The summed E-state index contributed by atoms with van der Waals surface area (Å²) in [5.74, 6) is 10.4. The van der Waals surface area contributed by atoms with E-state index in [0.717, 1.165) is 0 Å². The zero-order valence-corrected chi connectivity index (χ0v) is 14.6. The molecule has 0 spiro atoms. The number of rotatable bonds is 0. The highest BCUT2D eigenvalue weighted by molar-refractivity contribution is 8.05. The molecule has 0 nitrogen and oxygen atoms in total. The highest BCUT2D eigenvalue weighted by atomic mass is 32.2. The summed E-state index contributed by atoms with van der Waals surface area (Å²) in [4.78, 5) is 0. The van der Waals surface area contributed by atoms with E-state index in [1.807, 2.05) is 0 Å². The van der Waals surface area contributed by atoms with E-state index >= 15 is 0 Å². The molecule has 19 heavy (non-hydrogen) atoms. The van der Waals surface area contributed by atoms with E-state index in [4.69, 9.17) is 0 Å². The minimum Gasteiger partial charge on any atom is -0.161 e. The van der Waals surface area contributed by atoms with Gasteiger partial charge in [0, 0.05) is 40.3 Å². The summed E-state index contributed by atoms with van der Waals surface area (Å²) in [6.45, 7) is 0. The van der Waals surface area contributed by atoms with Gasteiger partial charge in [0.25, 0.3) is 0 Å². The predicted octanol–water partition coefficient (Wildman–Crippen LogP) is 4.68. The van der Waals surface area contributed by atoms with Gasteiger partial charge in [-0.15, -0.1) is 0 Å². The maximum absolute atomic E-state index is 2.32. The van der Waals surface area contributed by atoms with Crippen molar-refractivity contribution in [1.82, 2.24) is 0 Å². The van der Waals surface area contributed by atoms with Crippen LogP contribution in [0, 0.1) is 0 Å². The zero-order valence-electron chi connectivity index (χ0n) is 11.3. The Hall–Kier alpha value is 0.620. The fourth-order valence-electron chi connectivity index (χ4n) is 1.97. The van der Waals surface area contributed by atoms with Crippen LogP contribution in [0.15, 0.2) is 24.3 Å². The molecular weight excluding hydrogens is 308 g/mol. The molecule has 0 saturated heterocycles. The lowest BCUT2D eigenvalue weighted by Gasteiger charge is -2.09. The van der Waals surface area contributed by atoms with E-state index in [1.54, 1.807) is 11.1 Å². The molecule has 0 fully saturated rings. The van der Waals surface area contributed by atoms with Crippen molar-refractivity contribution in [1.29, 1.82) is 0 Å². The molecule has 106 valence electrons. The van der Waals surface area contributed by atoms with Crippen molar-refractivity contribution in [2.24, 2.45) is 0 Å². The van der Waals surface area contributed by atoms with E-state index in [1.165, 1.54) is 52.4 Å². The summed E-state index contributed by atoms with van der Waals surface area (Å²) >= 11 is 8.45. The molecular formula is C15H22S4. The largest absolute Gasteiger partial charge is 0.161 e. The monoisotopic (exact) mass is 330 g/mol. The second-order valence-electron chi connectivity index (χ2n) is 4.41. The Kier molecular flexibility index (Phi) is 8.72. The minimum atomic E-state index is 1.19. The van der Waals surface area contributed by atoms with Gasteiger partial charge in [-0.05, 0) is 23.3 Å². The quantitative estimate of drug-likeness (QED) is 0.677. The third-order valence-corrected chi connectivity index (χ3v) is 7.75. The molecule has 1 aliphatic rings. The molecule has 0 N–H and O–H groups in total. The van der Waals surface area contributed by atoms with Crippen molar-refractivity contribution in [2.45, 2.75) is 12.2 Å². The smallest absolute Gasteiger partial charge is 0.0187 e. The van der Waals surface area contributed by atoms with Crippen LogP contribution in [0.2, 0.25) is 0 Å². The van der Waals surface area contributed by atoms with Crippen LogP contribution in [-0.4, -0.2) is 40.3 Å². The maximum atomic E-state index is 2.32. The van der Waals surface area contributed by atoms with Gasteiger partial charge in [0.05, 0.1) is 0 Å². The second kappa shape index (κ2) is 10.4. The lowest BCUT2D eigenvalue weighted by Crippen LogP contribution is -1.96. The van der Waals surface area contributed by atoms with Crippen LogP contribution in [0.5, 0.6) is 0 Å². The van der Waals surface area contributed by atoms with Gasteiger partial charge in [-0.2, -0.15) is 47.0 Å². The average Bonchev–Trinajstić information content (AvgIpc) is 2.45. The van der Waals surface area contributed by atoms with Gasteiger partial charge in [-0.3, -0.25) is 0 Å². The van der Waals surface area contributed by atoms with Crippen LogP contribution in [0.25, 0.3) is 0 Å². The molecule has 1 aliphatic heterocycles. The fraction of sp³-hybridized carbons (Fsp3) is 0.600. The van der Waals surface area contributed by atoms with Gasteiger partial charge >= 0.3 is 0 Å². The van der Waals surface area contributed by atoms with Gasteiger partial charge in [-0.1, -0.05) is 24.3 Å². The third-order valence-electron chi connectivity index (χ3n) is 3.01. The van der Waals surface area contributed by atoms with Gasteiger partial charge in [0.2, 0.25) is 0 Å². The fourth-order valence-corrected chi connectivity index (χ4v) is 6.42. The van der Waals surface area contributed by atoms with Crippen molar-refractivity contribution in [3.8, 4) is 0 Å². The molecule has 2 rings (SSSR count). The van der Waals surface area contributed by atoms with Crippen molar-refractivity contribution < 1.29 is 0 Å². The number of fused-ring (bicyclic) bond motifs is 1. The molecule has 0 amide bonds. The molecule has 0 aliphatic carbocycles. The molecule has 0 bridgehead atoms. The first kappa shape index (κ1) is 16.0. The molecule has 0 aromatic heterocycles. The van der Waals surface area contributed by atoms with E-state index in [0.29, 0.717) is 0 Å². The first-order valence-electron chi connectivity index (χ1n) is 6.84. The summed E-state index contributed by atoms with van der Waals surface area (Å²) in [5, 5.41) is 0. The molecule has 0 unspecified atom stereocenters. The minimum absolute atomic E-state index is 1.19. The van der Waals surface area contributed by atoms with Crippen LogP contribution < -0.4 is 0 Å². The summed E-state index contributed by atoms with van der Waals surface area (Å²) in [7, 11) is 0. The Morgan fingerprint density at radius 2 is 1.11 bits per heavy atom. The normalized spacial score (nSPS) is 20.0. The summed E-state index contributed by atoms with van der Waals surface area (Å²) in [5.41, 5.74) is 3.13. The van der Waals surface area contributed by atoms with Crippen LogP contribution in [0.1, 0.15) is 11.1 Å². The van der Waals surface area contributed by atoms with Gasteiger partial charge in [0.1, 0.15) is 0 Å². The summed E-state index contributed by atoms with van der Waals surface area (Å²) in [6, 6.07) is 9.01. The zero-order chi connectivity index (χ0) is 13.2.